The molecule has 0 aliphatic rings. The van der Waals surface area contributed by atoms with E-state index in [4.69, 9.17) is 4.74 Å². The molecule has 17 heavy (non-hydrogen) atoms. The molecule has 0 aliphatic heterocycles. The summed E-state index contributed by atoms with van der Waals surface area (Å²) in [7, 11) is 1.68. The molecule has 0 bridgehead atoms. The summed E-state index contributed by atoms with van der Waals surface area (Å²) in [5.41, 5.74) is 0.899. The number of methoxy groups -OCH3 is 1. The number of rotatable bonds is 7. The number of amides is 1. The van der Waals surface area contributed by atoms with Crippen molar-refractivity contribution in [2.24, 2.45) is 0 Å². The molecule has 0 fully saturated rings. The van der Waals surface area contributed by atoms with Gasteiger partial charge in [-0.05, 0) is 31.2 Å². The van der Waals surface area contributed by atoms with Crippen LogP contribution in [0.1, 0.15) is 12.1 Å². The van der Waals surface area contributed by atoms with Crippen molar-refractivity contribution in [3.63, 3.8) is 0 Å². The third-order valence-electron chi connectivity index (χ3n) is 2.03. The maximum absolute atomic E-state index is 11.6. The van der Waals surface area contributed by atoms with E-state index in [-0.39, 0.29) is 5.91 Å². The van der Waals surface area contributed by atoms with Gasteiger partial charge in [0, 0.05) is 19.4 Å². The smallest absolute Gasteiger partial charge is 0.235 e. The minimum atomic E-state index is -0.00878. The lowest BCUT2D eigenvalue weighted by molar-refractivity contribution is -0.113. The van der Waals surface area contributed by atoms with Gasteiger partial charge in [-0.3, -0.25) is 4.79 Å². The zero-order valence-electron chi connectivity index (χ0n) is 10.2. The molecule has 0 radical (unpaired) electrons. The molecule has 0 atom stereocenters. The quantitative estimate of drug-likeness (QED) is 0.757. The summed E-state index contributed by atoms with van der Waals surface area (Å²) in [6, 6.07) is 5.57. The Morgan fingerprint density at radius 2 is 2.35 bits per heavy atom. The molecule has 0 saturated heterocycles. The number of thioether (sulfide) groups is 1. The fraction of sp³-hybridized carbons (Fsp3) is 0.500. The van der Waals surface area contributed by atoms with Crippen LogP contribution in [0, 0.1) is 6.92 Å². The predicted octanol–water partition coefficient (Wildman–Crippen LogP) is 2.10. The molecule has 0 saturated carbocycles. The minimum absolute atomic E-state index is 0.00878. The van der Waals surface area contributed by atoms with Crippen LogP contribution in [-0.4, -0.2) is 36.1 Å². The number of carbonyl (C=O) groups is 1. The number of pyridine rings is 1. The number of hydrogen-bond donors (Lipinski definition) is 1. The topological polar surface area (TPSA) is 51.2 Å². The van der Waals surface area contributed by atoms with Gasteiger partial charge in [0.05, 0.1) is 5.75 Å². The first-order valence-corrected chi connectivity index (χ1v) is 6.68. The maximum atomic E-state index is 11.6. The highest BCUT2D eigenvalue weighted by atomic mass is 32.2. The number of anilines is 1. The van der Waals surface area contributed by atoms with Crippen molar-refractivity contribution in [3.05, 3.63) is 23.9 Å². The van der Waals surface area contributed by atoms with Crippen molar-refractivity contribution >= 4 is 23.5 Å². The lowest BCUT2D eigenvalue weighted by atomic mass is 10.4. The number of ether oxygens (including phenoxy) is 1. The van der Waals surface area contributed by atoms with Crippen molar-refractivity contribution < 1.29 is 9.53 Å². The number of aromatic nitrogens is 1. The predicted molar refractivity (Wildman–Crippen MR) is 71.4 cm³/mol. The van der Waals surface area contributed by atoms with E-state index in [1.807, 2.05) is 19.1 Å². The Morgan fingerprint density at radius 3 is 3.06 bits per heavy atom. The van der Waals surface area contributed by atoms with Crippen LogP contribution in [0.2, 0.25) is 0 Å². The molecule has 94 valence electrons. The van der Waals surface area contributed by atoms with Gasteiger partial charge in [-0.1, -0.05) is 6.07 Å². The Hall–Kier alpha value is -1.07. The second kappa shape index (κ2) is 8.08. The highest BCUT2D eigenvalue weighted by molar-refractivity contribution is 7.99. The van der Waals surface area contributed by atoms with Crippen molar-refractivity contribution in [3.8, 4) is 0 Å². The molecule has 1 aromatic heterocycles. The molecular formula is C12H18N2O2S. The van der Waals surface area contributed by atoms with E-state index in [0.29, 0.717) is 11.6 Å². The van der Waals surface area contributed by atoms with Crippen LogP contribution in [0.25, 0.3) is 0 Å². The summed E-state index contributed by atoms with van der Waals surface area (Å²) in [5.74, 6) is 2.00. The van der Waals surface area contributed by atoms with Gasteiger partial charge in [-0.15, -0.1) is 0 Å². The second-order valence-electron chi connectivity index (χ2n) is 3.61. The maximum Gasteiger partial charge on any atom is 0.235 e. The van der Waals surface area contributed by atoms with E-state index in [9.17, 15) is 4.79 Å². The summed E-state index contributed by atoms with van der Waals surface area (Å²) >= 11 is 1.60. The standard InChI is InChI=1S/C12H18N2O2S/c1-10-5-3-6-11(13-10)14-12(15)9-17-8-4-7-16-2/h3,5-6H,4,7-9H2,1-2H3,(H,13,14,15). The third kappa shape index (κ3) is 6.28. The van der Waals surface area contributed by atoms with E-state index in [2.05, 4.69) is 10.3 Å². The number of nitrogens with zero attached hydrogens (tertiary/aromatic N) is 1. The van der Waals surface area contributed by atoms with Crippen LogP contribution >= 0.6 is 11.8 Å². The lowest BCUT2D eigenvalue weighted by Gasteiger charge is -2.04. The van der Waals surface area contributed by atoms with E-state index >= 15 is 0 Å². The van der Waals surface area contributed by atoms with Crippen molar-refractivity contribution in [2.75, 3.05) is 30.5 Å². The van der Waals surface area contributed by atoms with Crippen LogP contribution in [0.4, 0.5) is 5.82 Å². The van der Waals surface area contributed by atoms with Crippen molar-refractivity contribution in [2.45, 2.75) is 13.3 Å². The van der Waals surface area contributed by atoms with Gasteiger partial charge < -0.3 is 10.1 Å². The first kappa shape index (κ1) is 14.0. The molecule has 1 amide bonds. The number of aryl methyl sites for hydroxylation is 1. The number of nitrogens with one attached hydrogen (secondary N) is 1. The molecule has 1 aromatic rings. The molecule has 1 heterocycles. The highest BCUT2D eigenvalue weighted by Gasteiger charge is 2.03. The van der Waals surface area contributed by atoms with Gasteiger partial charge in [0.25, 0.3) is 0 Å². The van der Waals surface area contributed by atoms with Gasteiger partial charge in [-0.2, -0.15) is 11.8 Å². The van der Waals surface area contributed by atoms with E-state index in [0.717, 1.165) is 24.5 Å². The SMILES string of the molecule is COCCCSCC(=O)Nc1cccc(C)n1. The molecule has 0 aromatic carbocycles. The first-order chi connectivity index (χ1) is 8.22. The summed E-state index contributed by atoms with van der Waals surface area (Å²) in [6.07, 6.45) is 0.969. The Balaban J connectivity index is 2.21. The van der Waals surface area contributed by atoms with Crippen molar-refractivity contribution in [1.29, 1.82) is 0 Å². The Labute approximate surface area is 106 Å². The molecular weight excluding hydrogens is 236 g/mol. The minimum Gasteiger partial charge on any atom is -0.385 e. The molecule has 0 unspecified atom stereocenters. The Kier molecular flexibility index (Phi) is 6.65. The summed E-state index contributed by atoms with van der Waals surface area (Å²) < 4.78 is 4.93. The summed E-state index contributed by atoms with van der Waals surface area (Å²) in [6.45, 7) is 2.64. The fourth-order valence-electron chi connectivity index (χ4n) is 1.26. The Morgan fingerprint density at radius 1 is 1.53 bits per heavy atom. The molecule has 1 rings (SSSR count). The highest BCUT2D eigenvalue weighted by Crippen LogP contribution is 2.06. The Bertz CT molecular complexity index is 358. The van der Waals surface area contributed by atoms with Gasteiger partial charge in [0.15, 0.2) is 0 Å². The summed E-state index contributed by atoms with van der Waals surface area (Å²) in [5, 5.41) is 2.77. The zero-order valence-corrected chi connectivity index (χ0v) is 11.0. The van der Waals surface area contributed by atoms with Gasteiger partial charge in [0.1, 0.15) is 5.82 Å². The van der Waals surface area contributed by atoms with Crippen LogP contribution in [0.15, 0.2) is 18.2 Å². The fourth-order valence-corrected chi connectivity index (χ4v) is 1.99. The molecule has 0 spiro atoms. The second-order valence-corrected chi connectivity index (χ2v) is 4.72. The van der Waals surface area contributed by atoms with Crippen LogP contribution in [0.3, 0.4) is 0 Å². The number of hydrogen-bond acceptors (Lipinski definition) is 4. The van der Waals surface area contributed by atoms with Gasteiger partial charge >= 0.3 is 0 Å². The lowest BCUT2D eigenvalue weighted by Crippen LogP contribution is -2.15. The van der Waals surface area contributed by atoms with Gasteiger partial charge in [0.2, 0.25) is 5.91 Å². The largest absolute Gasteiger partial charge is 0.385 e. The third-order valence-corrected chi connectivity index (χ3v) is 3.07. The van der Waals surface area contributed by atoms with E-state index in [1.54, 1.807) is 24.9 Å². The van der Waals surface area contributed by atoms with Crippen molar-refractivity contribution in [1.82, 2.24) is 4.98 Å². The van der Waals surface area contributed by atoms with E-state index < -0.39 is 0 Å². The van der Waals surface area contributed by atoms with Crippen LogP contribution in [-0.2, 0) is 9.53 Å². The molecule has 1 N–H and O–H groups in total. The molecule has 5 heteroatoms. The monoisotopic (exact) mass is 254 g/mol. The van der Waals surface area contributed by atoms with Crippen LogP contribution < -0.4 is 5.32 Å². The average molecular weight is 254 g/mol. The zero-order chi connectivity index (χ0) is 12.5. The molecule has 0 aliphatic carbocycles. The average Bonchev–Trinajstić information content (AvgIpc) is 2.29. The van der Waals surface area contributed by atoms with Gasteiger partial charge in [-0.25, -0.2) is 4.98 Å². The molecule has 4 nitrogen and oxygen atoms in total. The summed E-state index contributed by atoms with van der Waals surface area (Å²) in [4.78, 5) is 15.8. The normalized spacial score (nSPS) is 10.2. The van der Waals surface area contributed by atoms with Crippen LogP contribution in [0.5, 0.6) is 0 Å². The number of carbonyl (C=O) groups excluding carboxylic acids is 1. The van der Waals surface area contributed by atoms with E-state index in [1.165, 1.54) is 0 Å². The first-order valence-electron chi connectivity index (χ1n) is 5.52.